The van der Waals surface area contributed by atoms with Crippen LogP contribution in [-0.2, 0) is 26.7 Å². The summed E-state index contributed by atoms with van der Waals surface area (Å²) in [4.78, 5) is 48.7. The third-order valence-electron chi connectivity index (χ3n) is 3.85. The Kier molecular flexibility index (Phi) is 5.14. The van der Waals surface area contributed by atoms with E-state index in [1.807, 2.05) is 0 Å². The minimum atomic E-state index is -5.15. The molecule has 0 unspecified atom stereocenters. The summed E-state index contributed by atoms with van der Waals surface area (Å²) in [6.07, 6.45) is -10.3. The molecule has 13 heteroatoms. The lowest BCUT2D eigenvalue weighted by Crippen LogP contribution is -2.59. The van der Waals surface area contributed by atoms with Gasteiger partial charge in [0.25, 0.3) is 11.8 Å². The van der Waals surface area contributed by atoms with E-state index < -0.39 is 58.8 Å². The van der Waals surface area contributed by atoms with Gasteiger partial charge in [0.1, 0.15) is 0 Å². The van der Waals surface area contributed by atoms with E-state index in [0.717, 1.165) is 14.1 Å². The van der Waals surface area contributed by atoms with Gasteiger partial charge in [0, 0.05) is 19.8 Å². The standard InChI is InChI=1S/C15H11F6N3O4/c1-23-11(26)9(12(27)24(2)13(23)28)10(25)22-8-4-6(14(16,17)18)3-7(5-8)15(19,20)21/h3-5,9H,1-2H3,(H,22,25). The second kappa shape index (κ2) is 6.80. The summed E-state index contributed by atoms with van der Waals surface area (Å²) in [5.41, 5.74) is -4.30. The first-order chi connectivity index (χ1) is 12.6. The first kappa shape index (κ1) is 21.2. The predicted molar refractivity (Wildman–Crippen MR) is 79.5 cm³/mol. The zero-order chi connectivity index (χ0) is 21.6. The van der Waals surface area contributed by atoms with Gasteiger partial charge in [0.05, 0.1) is 11.1 Å². The van der Waals surface area contributed by atoms with Crippen LogP contribution in [0.25, 0.3) is 0 Å². The highest BCUT2D eigenvalue weighted by Gasteiger charge is 2.47. The van der Waals surface area contributed by atoms with Crippen molar-refractivity contribution in [1.29, 1.82) is 0 Å². The number of imide groups is 2. The average molecular weight is 411 g/mol. The van der Waals surface area contributed by atoms with Crippen LogP contribution in [0.3, 0.4) is 0 Å². The van der Waals surface area contributed by atoms with Crippen LogP contribution in [0.1, 0.15) is 11.1 Å². The van der Waals surface area contributed by atoms with Crippen molar-refractivity contribution < 1.29 is 45.5 Å². The van der Waals surface area contributed by atoms with Crippen molar-refractivity contribution in [1.82, 2.24) is 9.80 Å². The number of halogens is 6. The van der Waals surface area contributed by atoms with E-state index in [1.165, 1.54) is 0 Å². The second-order valence-corrected chi connectivity index (χ2v) is 5.79. The maximum atomic E-state index is 12.9. The molecule has 1 saturated heterocycles. The number of urea groups is 1. The van der Waals surface area contributed by atoms with E-state index in [9.17, 15) is 45.5 Å². The molecular formula is C15H11F6N3O4. The molecule has 0 saturated carbocycles. The smallest absolute Gasteiger partial charge is 0.325 e. The molecule has 1 N–H and O–H groups in total. The lowest BCUT2D eigenvalue weighted by molar-refractivity contribution is -0.151. The first-order valence-corrected chi connectivity index (χ1v) is 7.34. The highest BCUT2D eigenvalue weighted by Crippen LogP contribution is 2.37. The van der Waals surface area contributed by atoms with Gasteiger partial charge in [-0.05, 0) is 18.2 Å². The molecule has 0 atom stereocenters. The SMILES string of the molecule is CN1C(=O)C(C(=O)Nc2cc(C(F)(F)F)cc(C(F)(F)F)c2)C(=O)N(C)C1=O. The first-order valence-electron chi connectivity index (χ1n) is 7.34. The molecule has 0 bridgehead atoms. The summed E-state index contributed by atoms with van der Waals surface area (Å²) in [5, 5.41) is 1.71. The van der Waals surface area contributed by atoms with Gasteiger partial charge in [-0.2, -0.15) is 26.3 Å². The van der Waals surface area contributed by atoms with Gasteiger partial charge < -0.3 is 5.32 Å². The minimum Gasteiger partial charge on any atom is -0.325 e. The fourth-order valence-electron chi connectivity index (χ4n) is 2.37. The molecule has 1 aromatic carbocycles. The number of carbonyl (C=O) groups excluding carboxylic acids is 4. The number of barbiturate groups is 1. The number of anilines is 1. The normalized spacial score (nSPS) is 16.6. The van der Waals surface area contributed by atoms with E-state index in [1.54, 1.807) is 5.32 Å². The van der Waals surface area contributed by atoms with Gasteiger partial charge >= 0.3 is 18.4 Å². The fourth-order valence-corrected chi connectivity index (χ4v) is 2.37. The number of hydrogen-bond donors (Lipinski definition) is 1. The Morgan fingerprint density at radius 2 is 1.25 bits per heavy atom. The maximum absolute atomic E-state index is 12.9. The number of amides is 5. The highest BCUT2D eigenvalue weighted by molar-refractivity contribution is 6.27. The molecule has 5 amide bonds. The van der Waals surface area contributed by atoms with Crippen molar-refractivity contribution in [2.24, 2.45) is 5.92 Å². The number of nitrogens with zero attached hydrogens (tertiary/aromatic N) is 2. The number of nitrogens with one attached hydrogen (secondary N) is 1. The molecule has 1 heterocycles. The molecule has 1 aromatic rings. The predicted octanol–water partition coefficient (Wildman–Crippen LogP) is 2.33. The van der Waals surface area contributed by atoms with Gasteiger partial charge in [0.15, 0.2) is 5.92 Å². The Morgan fingerprint density at radius 3 is 1.61 bits per heavy atom. The van der Waals surface area contributed by atoms with Crippen LogP contribution in [0.5, 0.6) is 0 Å². The number of alkyl halides is 6. The molecule has 0 radical (unpaired) electrons. The van der Waals surface area contributed by atoms with Crippen LogP contribution in [0, 0.1) is 5.92 Å². The van der Waals surface area contributed by atoms with Gasteiger partial charge in [-0.3, -0.25) is 24.2 Å². The number of hydrogen-bond acceptors (Lipinski definition) is 4. The van der Waals surface area contributed by atoms with Crippen LogP contribution in [-0.4, -0.2) is 47.6 Å². The van der Waals surface area contributed by atoms with Gasteiger partial charge in [-0.15, -0.1) is 0 Å². The summed E-state index contributed by atoms with van der Waals surface area (Å²) < 4.78 is 77.2. The van der Waals surface area contributed by atoms with Crippen molar-refractivity contribution in [3.63, 3.8) is 0 Å². The second-order valence-electron chi connectivity index (χ2n) is 5.79. The third-order valence-corrected chi connectivity index (χ3v) is 3.85. The number of benzene rings is 1. The fraction of sp³-hybridized carbons (Fsp3) is 0.333. The largest absolute Gasteiger partial charge is 0.416 e. The zero-order valence-electron chi connectivity index (χ0n) is 14.1. The van der Waals surface area contributed by atoms with Crippen molar-refractivity contribution in [2.75, 3.05) is 19.4 Å². The molecule has 7 nitrogen and oxygen atoms in total. The topological polar surface area (TPSA) is 86.8 Å². The molecule has 1 aliphatic heterocycles. The third kappa shape index (κ3) is 3.92. The van der Waals surface area contributed by atoms with Crippen LogP contribution in [0.15, 0.2) is 18.2 Å². The summed E-state index contributed by atoms with van der Waals surface area (Å²) in [6.45, 7) is 0. The Hall–Kier alpha value is -3.12. The van der Waals surface area contributed by atoms with Crippen molar-refractivity contribution in [3.8, 4) is 0 Å². The van der Waals surface area contributed by atoms with E-state index in [2.05, 4.69) is 0 Å². The molecule has 1 aliphatic rings. The summed E-state index contributed by atoms with van der Waals surface area (Å²) in [6, 6.07) is -0.739. The summed E-state index contributed by atoms with van der Waals surface area (Å²) in [5.74, 6) is -6.16. The number of rotatable bonds is 2. The van der Waals surface area contributed by atoms with E-state index in [4.69, 9.17) is 0 Å². The Morgan fingerprint density at radius 1 is 0.857 bits per heavy atom. The monoisotopic (exact) mass is 411 g/mol. The average Bonchev–Trinajstić information content (AvgIpc) is 2.56. The molecule has 2 rings (SSSR count). The Bertz CT molecular complexity index is 808. The lowest BCUT2D eigenvalue weighted by Gasteiger charge is -2.32. The molecule has 0 spiro atoms. The number of carbonyl (C=O) groups is 4. The van der Waals surface area contributed by atoms with E-state index in [-0.39, 0.29) is 18.2 Å². The lowest BCUT2D eigenvalue weighted by atomic mass is 10.0. The van der Waals surface area contributed by atoms with Gasteiger partial charge in [0.2, 0.25) is 5.91 Å². The van der Waals surface area contributed by atoms with Gasteiger partial charge in [-0.1, -0.05) is 0 Å². The summed E-state index contributed by atoms with van der Waals surface area (Å²) in [7, 11) is 1.92. The maximum Gasteiger partial charge on any atom is 0.416 e. The highest BCUT2D eigenvalue weighted by atomic mass is 19.4. The van der Waals surface area contributed by atoms with Crippen LogP contribution < -0.4 is 5.32 Å². The van der Waals surface area contributed by atoms with Crippen molar-refractivity contribution >= 4 is 29.4 Å². The van der Waals surface area contributed by atoms with Crippen LogP contribution in [0.4, 0.5) is 36.8 Å². The molecule has 0 aliphatic carbocycles. The molecule has 0 aromatic heterocycles. The Labute approximate surface area is 152 Å². The van der Waals surface area contributed by atoms with Crippen molar-refractivity contribution in [3.05, 3.63) is 29.3 Å². The Balaban J connectivity index is 2.41. The molecule has 28 heavy (non-hydrogen) atoms. The quantitative estimate of drug-likeness (QED) is 0.598. The van der Waals surface area contributed by atoms with Crippen LogP contribution in [0.2, 0.25) is 0 Å². The van der Waals surface area contributed by atoms with E-state index >= 15 is 0 Å². The van der Waals surface area contributed by atoms with Crippen molar-refractivity contribution in [2.45, 2.75) is 12.4 Å². The zero-order valence-corrected chi connectivity index (χ0v) is 14.1. The molecule has 1 fully saturated rings. The van der Waals surface area contributed by atoms with Crippen LogP contribution >= 0.6 is 0 Å². The molecule has 152 valence electrons. The summed E-state index contributed by atoms with van der Waals surface area (Å²) >= 11 is 0. The van der Waals surface area contributed by atoms with Gasteiger partial charge in [-0.25, -0.2) is 4.79 Å². The molecular weight excluding hydrogens is 400 g/mol. The van der Waals surface area contributed by atoms with E-state index in [0.29, 0.717) is 9.80 Å². The minimum absolute atomic E-state index is 0.146.